The van der Waals surface area contributed by atoms with E-state index in [1.54, 1.807) is 0 Å². The van der Waals surface area contributed by atoms with Crippen molar-refractivity contribution in [1.29, 1.82) is 0 Å². The first-order chi connectivity index (χ1) is 10.1. The van der Waals surface area contributed by atoms with Gasteiger partial charge >= 0.3 is 0 Å². The third kappa shape index (κ3) is 4.08. The SMILES string of the molecule is CCCCOc1ccc(C(O)c2cc(C)ccc2C)cc1. The van der Waals surface area contributed by atoms with Gasteiger partial charge in [-0.2, -0.15) is 0 Å². The van der Waals surface area contributed by atoms with Crippen LogP contribution in [0.15, 0.2) is 42.5 Å². The highest BCUT2D eigenvalue weighted by Gasteiger charge is 2.13. The molecule has 2 aromatic rings. The van der Waals surface area contributed by atoms with E-state index in [1.807, 2.05) is 44.2 Å². The molecule has 2 nitrogen and oxygen atoms in total. The maximum absolute atomic E-state index is 10.6. The van der Waals surface area contributed by atoms with Gasteiger partial charge in [-0.3, -0.25) is 0 Å². The van der Waals surface area contributed by atoms with Gasteiger partial charge < -0.3 is 9.84 Å². The zero-order valence-corrected chi connectivity index (χ0v) is 13.1. The number of unbranched alkanes of at least 4 members (excludes halogenated alkanes) is 1. The first-order valence-corrected chi connectivity index (χ1v) is 7.59. The van der Waals surface area contributed by atoms with E-state index in [0.717, 1.165) is 47.5 Å². The van der Waals surface area contributed by atoms with Crippen LogP contribution in [-0.2, 0) is 0 Å². The lowest BCUT2D eigenvalue weighted by Crippen LogP contribution is -2.03. The molecule has 0 bridgehead atoms. The standard InChI is InChI=1S/C19H24O2/c1-4-5-12-21-17-10-8-16(9-11-17)19(20)18-13-14(2)6-7-15(18)3/h6-11,13,19-20H,4-5,12H2,1-3H3. The van der Waals surface area contributed by atoms with E-state index in [-0.39, 0.29) is 0 Å². The van der Waals surface area contributed by atoms with Gasteiger partial charge in [0.2, 0.25) is 0 Å². The fraction of sp³-hybridized carbons (Fsp3) is 0.368. The molecular formula is C19H24O2. The van der Waals surface area contributed by atoms with Crippen molar-refractivity contribution in [3.05, 3.63) is 64.7 Å². The molecule has 0 aromatic heterocycles. The summed E-state index contributed by atoms with van der Waals surface area (Å²) in [5.74, 6) is 0.861. The lowest BCUT2D eigenvalue weighted by atomic mass is 9.96. The second-order valence-corrected chi connectivity index (χ2v) is 5.53. The summed E-state index contributed by atoms with van der Waals surface area (Å²) < 4.78 is 5.65. The van der Waals surface area contributed by atoms with Crippen LogP contribution in [-0.4, -0.2) is 11.7 Å². The average molecular weight is 284 g/mol. The largest absolute Gasteiger partial charge is 0.494 e. The normalized spacial score (nSPS) is 12.2. The van der Waals surface area contributed by atoms with Gasteiger partial charge in [-0.1, -0.05) is 49.2 Å². The lowest BCUT2D eigenvalue weighted by molar-refractivity contribution is 0.219. The molecule has 0 spiro atoms. The second kappa shape index (κ2) is 7.28. The van der Waals surface area contributed by atoms with Crippen LogP contribution in [0.2, 0.25) is 0 Å². The summed E-state index contributed by atoms with van der Waals surface area (Å²) in [6, 6.07) is 13.9. The van der Waals surface area contributed by atoms with Crippen molar-refractivity contribution < 1.29 is 9.84 Å². The molecule has 1 atom stereocenters. The monoisotopic (exact) mass is 284 g/mol. The summed E-state index contributed by atoms with van der Waals surface area (Å²) in [6.45, 7) is 6.96. The zero-order chi connectivity index (χ0) is 15.2. The van der Waals surface area contributed by atoms with Crippen molar-refractivity contribution in [2.75, 3.05) is 6.61 Å². The Balaban J connectivity index is 2.12. The van der Waals surface area contributed by atoms with Crippen molar-refractivity contribution in [3.8, 4) is 5.75 Å². The molecule has 1 N–H and O–H groups in total. The van der Waals surface area contributed by atoms with Gasteiger partial charge in [0, 0.05) is 0 Å². The van der Waals surface area contributed by atoms with Crippen molar-refractivity contribution >= 4 is 0 Å². The van der Waals surface area contributed by atoms with Gasteiger partial charge in [0.25, 0.3) is 0 Å². The summed E-state index contributed by atoms with van der Waals surface area (Å²) in [4.78, 5) is 0. The number of rotatable bonds is 6. The molecule has 0 aliphatic heterocycles. The molecule has 0 amide bonds. The van der Waals surface area contributed by atoms with Crippen LogP contribution in [0.5, 0.6) is 5.75 Å². The molecule has 0 aliphatic carbocycles. The topological polar surface area (TPSA) is 29.5 Å². The lowest BCUT2D eigenvalue weighted by Gasteiger charge is -2.15. The summed E-state index contributed by atoms with van der Waals surface area (Å²) in [6.07, 6.45) is 1.60. The summed E-state index contributed by atoms with van der Waals surface area (Å²) >= 11 is 0. The number of aliphatic hydroxyl groups is 1. The molecule has 0 fully saturated rings. The first kappa shape index (κ1) is 15.6. The highest BCUT2D eigenvalue weighted by atomic mass is 16.5. The Morgan fingerprint density at radius 1 is 1.05 bits per heavy atom. The third-order valence-electron chi connectivity index (χ3n) is 3.69. The van der Waals surface area contributed by atoms with Crippen molar-refractivity contribution in [2.24, 2.45) is 0 Å². The Hall–Kier alpha value is -1.80. The van der Waals surface area contributed by atoms with Crippen LogP contribution >= 0.6 is 0 Å². The van der Waals surface area contributed by atoms with E-state index in [0.29, 0.717) is 0 Å². The van der Waals surface area contributed by atoms with Crippen LogP contribution in [0, 0.1) is 13.8 Å². The molecule has 0 aliphatic rings. The Morgan fingerprint density at radius 2 is 1.76 bits per heavy atom. The molecule has 0 saturated carbocycles. The van der Waals surface area contributed by atoms with Crippen molar-refractivity contribution in [2.45, 2.75) is 39.7 Å². The fourth-order valence-corrected chi connectivity index (χ4v) is 2.31. The van der Waals surface area contributed by atoms with Gasteiger partial charge in [-0.15, -0.1) is 0 Å². The third-order valence-corrected chi connectivity index (χ3v) is 3.69. The molecule has 112 valence electrons. The molecule has 2 aromatic carbocycles. The van der Waals surface area contributed by atoms with E-state index in [9.17, 15) is 5.11 Å². The molecule has 21 heavy (non-hydrogen) atoms. The Morgan fingerprint density at radius 3 is 2.43 bits per heavy atom. The van der Waals surface area contributed by atoms with Crippen LogP contribution in [0.1, 0.15) is 48.1 Å². The highest BCUT2D eigenvalue weighted by Crippen LogP contribution is 2.27. The maximum atomic E-state index is 10.6. The fourth-order valence-electron chi connectivity index (χ4n) is 2.31. The first-order valence-electron chi connectivity index (χ1n) is 7.59. The summed E-state index contributed by atoms with van der Waals surface area (Å²) in [5.41, 5.74) is 4.13. The molecule has 1 unspecified atom stereocenters. The highest BCUT2D eigenvalue weighted by molar-refractivity contribution is 5.39. The molecule has 2 rings (SSSR count). The quantitative estimate of drug-likeness (QED) is 0.788. The van der Waals surface area contributed by atoms with Gasteiger partial charge in [0.05, 0.1) is 6.61 Å². The summed E-state index contributed by atoms with van der Waals surface area (Å²) in [5, 5.41) is 10.6. The van der Waals surface area contributed by atoms with E-state index in [2.05, 4.69) is 19.1 Å². The Bertz CT molecular complexity index is 573. The maximum Gasteiger partial charge on any atom is 0.119 e. The van der Waals surface area contributed by atoms with Crippen molar-refractivity contribution in [3.63, 3.8) is 0 Å². The molecule has 0 saturated heterocycles. The van der Waals surface area contributed by atoms with Crippen LogP contribution < -0.4 is 4.74 Å². The van der Waals surface area contributed by atoms with Crippen LogP contribution in [0.25, 0.3) is 0 Å². The number of benzene rings is 2. The van der Waals surface area contributed by atoms with Gasteiger partial charge in [-0.25, -0.2) is 0 Å². The molecular weight excluding hydrogens is 260 g/mol. The van der Waals surface area contributed by atoms with E-state index in [1.165, 1.54) is 0 Å². The number of hydrogen-bond acceptors (Lipinski definition) is 2. The number of hydrogen-bond donors (Lipinski definition) is 1. The minimum absolute atomic E-state index is 0.588. The molecule has 2 heteroatoms. The predicted molar refractivity (Wildman–Crippen MR) is 86.8 cm³/mol. The Kier molecular flexibility index (Phi) is 5.40. The van der Waals surface area contributed by atoms with Crippen LogP contribution in [0.3, 0.4) is 0 Å². The number of aryl methyl sites for hydroxylation is 2. The van der Waals surface area contributed by atoms with Crippen molar-refractivity contribution in [1.82, 2.24) is 0 Å². The van der Waals surface area contributed by atoms with Gasteiger partial charge in [0.15, 0.2) is 0 Å². The molecule has 0 radical (unpaired) electrons. The van der Waals surface area contributed by atoms with E-state index >= 15 is 0 Å². The smallest absolute Gasteiger partial charge is 0.119 e. The van der Waals surface area contributed by atoms with E-state index in [4.69, 9.17) is 4.74 Å². The minimum atomic E-state index is -0.588. The molecule has 0 heterocycles. The predicted octanol–water partition coefficient (Wildman–Crippen LogP) is 4.56. The summed E-state index contributed by atoms with van der Waals surface area (Å²) in [7, 11) is 0. The number of aliphatic hydroxyl groups excluding tert-OH is 1. The van der Waals surface area contributed by atoms with Gasteiger partial charge in [-0.05, 0) is 49.1 Å². The van der Waals surface area contributed by atoms with E-state index < -0.39 is 6.10 Å². The Labute approximate surface area is 127 Å². The van der Waals surface area contributed by atoms with Crippen LogP contribution in [0.4, 0.5) is 0 Å². The van der Waals surface area contributed by atoms with Gasteiger partial charge in [0.1, 0.15) is 11.9 Å². The zero-order valence-electron chi connectivity index (χ0n) is 13.1. The second-order valence-electron chi connectivity index (χ2n) is 5.53. The number of ether oxygens (including phenoxy) is 1. The average Bonchev–Trinajstić information content (AvgIpc) is 2.50. The minimum Gasteiger partial charge on any atom is -0.494 e.